The second-order valence-corrected chi connectivity index (χ2v) is 8.57. The van der Waals surface area contributed by atoms with Gasteiger partial charge in [-0.1, -0.05) is 54.6 Å². The van der Waals surface area contributed by atoms with Crippen LogP contribution < -0.4 is 0 Å². The highest BCUT2D eigenvalue weighted by Crippen LogP contribution is 2.39. The van der Waals surface area contributed by atoms with E-state index in [9.17, 15) is 0 Å². The van der Waals surface area contributed by atoms with Crippen LogP contribution in [0.25, 0.3) is 53.0 Å². The van der Waals surface area contributed by atoms with E-state index in [1.54, 1.807) is 22.7 Å². The first kappa shape index (κ1) is 15.1. The Labute approximate surface area is 163 Å². The summed E-state index contributed by atoms with van der Waals surface area (Å²) in [4.78, 5) is 12.4. The first-order valence-corrected chi connectivity index (χ1v) is 10.5. The standard InChI is InChI=1S/C23H14N2S2/c1-3-8-16-14(6-1)15-7-2-4-9-17(15)22-21(16)24-23(25-22)20-12-11-19(27-20)18-10-5-13-26-18/h1-13H,(H,24,25). The van der Waals surface area contributed by atoms with E-state index >= 15 is 0 Å². The number of nitrogens with zero attached hydrogens (tertiary/aromatic N) is 1. The number of H-pyrrole nitrogens is 1. The zero-order valence-corrected chi connectivity index (χ0v) is 15.9. The Morgan fingerprint density at radius 1 is 0.630 bits per heavy atom. The van der Waals surface area contributed by atoms with Crippen LogP contribution in [0.15, 0.2) is 78.2 Å². The lowest BCUT2D eigenvalue weighted by atomic mass is 10.0. The van der Waals surface area contributed by atoms with Crippen LogP contribution in [0.3, 0.4) is 0 Å². The summed E-state index contributed by atoms with van der Waals surface area (Å²) >= 11 is 3.56. The Kier molecular flexibility index (Phi) is 3.24. The SMILES string of the molecule is c1csc(-c2ccc(-c3nc4c5ccccc5c5ccccc5c4[nH]3)s2)c1. The average Bonchev–Trinajstić information content (AvgIpc) is 3.47. The second-order valence-electron chi connectivity index (χ2n) is 6.54. The van der Waals surface area contributed by atoms with Gasteiger partial charge in [0, 0.05) is 20.5 Å². The van der Waals surface area contributed by atoms with Gasteiger partial charge in [0.15, 0.2) is 0 Å². The summed E-state index contributed by atoms with van der Waals surface area (Å²) in [6, 6.07) is 25.7. The number of hydrogen-bond acceptors (Lipinski definition) is 3. The Balaban J connectivity index is 1.64. The van der Waals surface area contributed by atoms with Crippen molar-refractivity contribution >= 4 is 55.3 Å². The molecule has 0 aliphatic rings. The molecule has 3 heterocycles. The van der Waals surface area contributed by atoms with Gasteiger partial charge in [0.05, 0.1) is 15.9 Å². The highest BCUT2D eigenvalue weighted by molar-refractivity contribution is 7.23. The van der Waals surface area contributed by atoms with Gasteiger partial charge < -0.3 is 4.98 Å². The summed E-state index contributed by atoms with van der Waals surface area (Å²) < 4.78 is 0. The van der Waals surface area contributed by atoms with Crippen molar-refractivity contribution in [3.05, 3.63) is 78.2 Å². The zero-order valence-electron chi connectivity index (χ0n) is 14.3. The third-order valence-electron chi connectivity index (χ3n) is 4.98. The Hall–Kier alpha value is -2.95. The zero-order chi connectivity index (χ0) is 17.8. The topological polar surface area (TPSA) is 28.7 Å². The molecule has 0 saturated carbocycles. The van der Waals surface area contributed by atoms with Crippen LogP contribution in [0.5, 0.6) is 0 Å². The smallest absolute Gasteiger partial charge is 0.148 e. The fourth-order valence-corrected chi connectivity index (χ4v) is 5.54. The normalized spacial score (nSPS) is 11.7. The third kappa shape index (κ3) is 2.27. The van der Waals surface area contributed by atoms with Gasteiger partial charge in [-0.2, -0.15) is 0 Å². The number of aromatic amines is 1. The lowest BCUT2D eigenvalue weighted by Crippen LogP contribution is -1.81. The van der Waals surface area contributed by atoms with E-state index in [-0.39, 0.29) is 0 Å². The van der Waals surface area contributed by atoms with Crippen LogP contribution in [-0.2, 0) is 0 Å². The average molecular weight is 383 g/mol. The predicted molar refractivity (Wildman–Crippen MR) is 118 cm³/mol. The lowest BCUT2D eigenvalue weighted by Gasteiger charge is -2.05. The molecule has 0 aliphatic carbocycles. The number of thiophene rings is 2. The van der Waals surface area contributed by atoms with Gasteiger partial charge in [0.2, 0.25) is 0 Å². The van der Waals surface area contributed by atoms with Crippen molar-refractivity contribution in [2.45, 2.75) is 0 Å². The minimum absolute atomic E-state index is 0.944. The monoisotopic (exact) mass is 382 g/mol. The molecule has 2 nitrogen and oxygen atoms in total. The number of aromatic nitrogens is 2. The molecule has 27 heavy (non-hydrogen) atoms. The number of rotatable bonds is 2. The van der Waals surface area contributed by atoms with Gasteiger partial charge in [-0.3, -0.25) is 0 Å². The van der Waals surface area contributed by atoms with E-state index in [2.05, 4.69) is 83.2 Å². The van der Waals surface area contributed by atoms with Gasteiger partial charge in [0.25, 0.3) is 0 Å². The molecule has 0 atom stereocenters. The van der Waals surface area contributed by atoms with Crippen LogP contribution in [0.4, 0.5) is 0 Å². The third-order valence-corrected chi connectivity index (χ3v) is 7.13. The molecule has 3 aromatic heterocycles. The highest BCUT2D eigenvalue weighted by Gasteiger charge is 2.15. The molecule has 128 valence electrons. The van der Waals surface area contributed by atoms with Crippen molar-refractivity contribution in [2.75, 3.05) is 0 Å². The van der Waals surface area contributed by atoms with Crippen LogP contribution in [0, 0.1) is 0 Å². The second kappa shape index (κ2) is 5.78. The van der Waals surface area contributed by atoms with Crippen LogP contribution in [-0.4, -0.2) is 9.97 Å². The van der Waals surface area contributed by atoms with Crippen molar-refractivity contribution in [1.82, 2.24) is 9.97 Å². The Bertz CT molecular complexity index is 1350. The summed E-state index contributed by atoms with van der Waals surface area (Å²) in [6.07, 6.45) is 0. The summed E-state index contributed by atoms with van der Waals surface area (Å²) in [7, 11) is 0. The molecule has 0 bridgehead atoms. The highest BCUT2D eigenvalue weighted by atomic mass is 32.1. The quantitative estimate of drug-likeness (QED) is 0.312. The fraction of sp³-hybridized carbons (Fsp3) is 0. The van der Waals surface area contributed by atoms with E-state index in [0.717, 1.165) is 16.9 Å². The molecule has 6 rings (SSSR count). The molecule has 0 amide bonds. The van der Waals surface area contributed by atoms with Crippen molar-refractivity contribution in [1.29, 1.82) is 0 Å². The van der Waals surface area contributed by atoms with E-state index in [0.29, 0.717) is 0 Å². The lowest BCUT2D eigenvalue weighted by molar-refractivity contribution is 1.36. The van der Waals surface area contributed by atoms with Gasteiger partial charge in [-0.25, -0.2) is 4.98 Å². The number of nitrogens with one attached hydrogen (secondary N) is 1. The molecule has 0 radical (unpaired) electrons. The minimum Gasteiger partial charge on any atom is -0.337 e. The number of hydrogen-bond donors (Lipinski definition) is 1. The number of benzene rings is 3. The molecule has 0 unspecified atom stereocenters. The molecule has 0 aliphatic heterocycles. The Morgan fingerprint density at radius 2 is 1.33 bits per heavy atom. The molecule has 4 heteroatoms. The molecular weight excluding hydrogens is 368 g/mol. The van der Waals surface area contributed by atoms with Crippen LogP contribution >= 0.6 is 22.7 Å². The maximum absolute atomic E-state index is 5.01. The predicted octanol–water partition coefficient (Wildman–Crippen LogP) is 7.33. The van der Waals surface area contributed by atoms with Crippen LogP contribution in [0.2, 0.25) is 0 Å². The molecule has 0 spiro atoms. The molecule has 3 aromatic carbocycles. The van der Waals surface area contributed by atoms with Gasteiger partial charge >= 0.3 is 0 Å². The van der Waals surface area contributed by atoms with Crippen molar-refractivity contribution in [2.24, 2.45) is 0 Å². The van der Waals surface area contributed by atoms with Gasteiger partial charge in [-0.05, 0) is 34.4 Å². The van der Waals surface area contributed by atoms with Crippen LogP contribution in [0.1, 0.15) is 0 Å². The number of fused-ring (bicyclic) bond motifs is 6. The van der Waals surface area contributed by atoms with Crippen molar-refractivity contribution < 1.29 is 0 Å². The first-order valence-electron chi connectivity index (χ1n) is 8.82. The fourth-order valence-electron chi connectivity index (χ4n) is 3.76. The molecule has 0 fully saturated rings. The minimum atomic E-state index is 0.944. The maximum Gasteiger partial charge on any atom is 0.148 e. The van der Waals surface area contributed by atoms with Gasteiger partial charge in [0.1, 0.15) is 5.82 Å². The van der Waals surface area contributed by atoms with E-state index < -0.39 is 0 Å². The first-order chi connectivity index (χ1) is 13.4. The summed E-state index contributed by atoms with van der Waals surface area (Å²) in [6.45, 7) is 0. The Morgan fingerprint density at radius 3 is 2.11 bits per heavy atom. The number of imidazole rings is 1. The van der Waals surface area contributed by atoms with E-state index in [1.165, 1.54) is 36.2 Å². The maximum atomic E-state index is 5.01. The summed E-state index contributed by atoms with van der Waals surface area (Å²) in [5, 5.41) is 7.06. The van der Waals surface area contributed by atoms with Crippen molar-refractivity contribution in [3.63, 3.8) is 0 Å². The molecule has 0 saturated heterocycles. The van der Waals surface area contributed by atoms with Gasteiger partial charge in [-0.15, -0.1) is 22.7 Å². The van der Waals surface area contributed by atoms with Crippen molar-refractivity contribution in [3.8, 4) is 20.5 Å². The van der Waals surface area contributed by atoms with E-state index in [1.807, 2.05) is 0 Å². The molecule has 1 N–H and O–H groups in total. The molecular formula is C23H14N2S2. The largest absolute Gasteiger partial charge is 0.337 e. The summed E-state index contributed by atoms with van der Waals surface area (Å²) in [5.74, 6) is 0.944. The molecule has 6 aromatic rings. The van der Waals surface area contributed by atoms with E-state index in [4.69, 9.17) is 4.98 Å². The summed E-state index contributed by atoms with van der Waals surface area (Å²) in [5.41, 5.74) is 2.16.